The number of hydrogen-bond donors (Lipinski definition) is 0. The molecule has 0 atom stereocenters. The summed E-state index contributed by atoms with van der Waals surface area (Å²) in [5.74, 6) is 0. The number of aromatic nitrogens is 2. The lowest BCUT2D eigenvalue weighted by Gasteiger charge is -2.26. The second kappa shape index (κ2) is 8.39. The number of fused-ring (bicyclic) bond motifs is 14. The standard InChI is InChI=1S/C44H36N2/c1-43(2,3)26-22-25(23-27(24-26)44(4,5)6)28-17-13-18-32-39-38-30-15-8-11-20-34(30)45-33-19-10-7-14-29(33)36(41(38)45)37-31-16-9-12-21-35(31)46(40(28)32)42(37)39/h7-24H,1-6H3. The topological polar surface area (TPSA) is 8.82 Å². The minimum absolute atomic E-state index is 0.0393. The van der Waals surface area contributed by atoms with Crippen LogP contribution in [0.15, 0.2) is 109 Å². The molecule has 2 heteroatoms. The average Bonchev–Trinajstić information content (AvgIpc) is 3.76. The van der Waals surface area contributed by atoms with Crippen LogP contribution in [0.25, 0.3) is 87.3 Å². The third kappa shape index (κ3) is 3.12. The van der Waals surface area contributed by atoms with Gasteiger partial charge in [0.25, 0.3) is 0 Å². The largest absolute Gasteiger partial charge is 0.308 e. The molecule has 4 heterocycles. The highest BCUT2D eigenvalue weighted by molar-refractivity contribution is 6.45. The zero-order valence-corrected chi connectivity index (χ0v) is 27.3. The lowest BCUT2D eigenvalue weighted by Crippen LogP contribution is -2.16. The van der Waals surface area contributed by atoms with E-state index < -0.39 is 0 Å². The molecule has 0 aliphatic heterocycles. The Kier molecular flexibility index (Phi) is 4.77. The van der Waals surface area contributed by atoms with Crippen LogP contribution in [0.2, 0.25) is 0 Å². The first kappa shape index (κ1) is 26.2. The molecule has 2 nitrogen and oxygen atoms in total. The molecule has 0 unspecified atom stereocenters. The summed E-state index contributed by atoms with van der Waals surface area (Å²) in [4.78, 5) is 0. The van der Waals surface area contributed by atoms with Gasteiger partial charge < -0.3 is 8.80 Å². The van der Waals surface area contributed by atoms with Gasteiger partial charge in [0.2, 0.25) is 0 Å². The Morgan fingerprint density at radius 1 is 0.391 bits per heavy atom. The van der Waals surface area contributed by atoms with Gasteiger partial charge >= 0.3 is 0 Å². The van der Waals surface area contributed by atoms with Crippen molar-refractivity contribution in [2.45, 2.75) is 52.4 Å². The lowest BCUT2D eigenvalue weighted by molar-refractivity contribution is 0.569. The molecule has 10 aromatic rings. The van der Waals surface area contributed by atoms with E-state index in [1.807, 2.05) is 0 Å². The van der Waals surface area contributed by atoms with Crippen molar-refractivity contribution < 1.29 is 0 Å². The van der Waals surface area contributed by atoms with Gasteiger partial charge in [-0.1, -0.05) is 133 Å². The van der Waals surface area contributed by atoms with Crippen molar-refractivity contribution in [3.8, 4) is 11.1 Å². The molecule has 0 saturated heterocycles. The molecule has 0 aliphatic rings. The maximum atomic E-state index is 2.61. The minimum atomic E-state index is 0.0393. The van der Waals surface area contributed by atoms with E-state index in [0.717, 1.165) is 0 Å². The summed E-state index contributed by atoms with van der Waals surface area (Å²) in [6, 6.07) is 41.4. The molecule has 46 heavy (non-hydrogen) atoms. The molecule has 6 aromatic carbocycles. The highest BCUT2D eigenvalue weighted by Gasteiger charge is 2.29. The van der Waals surface area contributed by atoms with Gasteiger partial charge in [-0.2, -0.15) is 0 Å². The maximum absolute atomic E-state index is 2.61. The molecule has 0 aliphatic carbocycles. The Labute approximate surface area is 268 Å². The van der Waals surface area contributed by atoms with Crippen LogP contribution in [-0.4, -0.2) is 8.80 Å². The highest BCUT2D eigenvalue weighted by Crippen LogP contribution is 2.52. The summed E-state index contributed by atoms with van der Waals surface area (Å²) in [5.41, 5.74) is 13.3. The van der Waals surface area contributed by atoms with Crippen molar-refractivity contribution in [3.05, 3.63) is 120 Å². The van der Waals surface area contributed by atoms with Gasteiger partial charge in [0, 0.05) is 48.7 Å². The highest BCUT2D eigenvalue weighted by atomic mass is 14.9. The second-order valence-electron chi connectivity index (χ2n) is 15.4. The summed E-state index contributed by atoms with van der Waals surface area (Å²) in [6.45, 7) is 14.0. The molecular formula is C44H36N2. The third-order valence-corrected chi connectivity index (χ3v) is 10.6. The van der Waals surface area contributed by atoms with Crippen molar-refractivity contribution in [1.82, 2.24) is 8.80 Å². The van der Waals surface area contributed by atoms with Gasteiger partial charge in [0.05, 0.1) is 33.1 Å². The number of rotatable bonds is 1. The zero-order chi connectivity index (χ0) is 31.3. The van der Waals surface area contributed by atoms with E-state index in [-0.39, 0.29) is 10.8 Å². The van der Waals surface area contributed by atoms with Crippen molar-refractivity contribution in [1.29, 1.82) is 0 Å². The van der Waals surface area contributed by atoms with Gasteiger partial charge in [-0.25, -0.2) is 0 Å². The quantitative estimate of drug-likeness (QED) is 0.179. The van der Waals surface area contributed by atoms with Crippen molar-refractivity contribution in [2.75, 3.05) is 0 Å². The van der Waals surface area contributed by atoms with E-state index in [2.05, 4.69) is 160 Å². The van der Waals surface area contributed by atoms with Crippen LogP contribution in [0.4, 0.5) is 0 Å². The predicted octanol–water partition coefficient (Wildman–Crippen LogP) is 12.2. The summed E-state index contributed by atoms with van der Waals surface area (Å²) >= 11 is 0. The Morgan fingerprint density at radius 2 is 0.804 bits per heavy atom. The van der Waals surface area contributed by atoms with E-state index in [4.69, 9.17) is 0 Å². The Bertz CT molecular complexity index is 2830. The van der Waals surface area contributed by atoms with Crippen molar-refractivity contribution in [3.63, 3.8) is 0 Å². The Hall–Kier alpha value is -5.08. The molecule has 10 rings (SSSR count). The van der Waals surface area contributed by atoms with Crippen LogP contribution >= 0.6 is 0 Å². The molecule has 4 aromatic heterocycles. The molecule has 0 fully saturated rings. The van der Waals surface area contributed by atoms with E-state index >= 15 is 0 Å². The van der Waals surface area contributed by atoms with Crippen LogP contribution in [0.1, 0.15) is 52.7 Å². The molecule has 0 saturated carbocycles. The molecular weight excluding hydrogens is 556 g/mol. The number of nitrogens with zero attached hydrogens (tertiary/aromatic N) is 2. The monoisotopic (exact) mass is 592 g/mol. The van der Waals surface area contributed by atoms with Gasteiger partial charge in [0.15, 0.2) is 0 Å². The van der Waals surface area contributed by atoms with Gasteiger partial charge in [-0.05, 0) is 45.7 Å². The molecule has 0 amide bonds. The second-order valence-corrected chi connectivity index (χ2v) is 15.4. The van der Waals surface area contributed by atoms with Crippen LogP contribution in [0.5, 0.6) is 0 Å². The van der Waals surface area contributed by atoms with E-state index in [1.54, 1.807) is 0 Å². The summed E-state index contributed by atoms with van der Waals surface area (Å²) in [7, 11) is 0. The van der Waals surface area contributed by atoms with Gasteiger partial charge in [0.1, 0.15) is 0 Å². The van der Waals surface area contributed by atoms with Crippen molar-refractivity contribution in [2.24, 2.45) is 0 Å². The maximum Gasteiger partial charge on any atom is 0.0634 e. The fourth-order valence-electron chi connectivity index (χ4n) is 8.45. The molecule has 0 N–H and O–H groups in total. The molecule has 0 bridgehead atoms. The Balaban J connectivity index is 1.51. The first-order valence-electron chi connectivity index (χ1n) is 16.5. The fraction of sp³-hybridized carbons (Fsp3) is 0.182. The average molecular weight is 593 g/mol. The molecule has 0 radical (unpaired) electrons. The first-order valence-corrected chi connectivity index (χ1v) is 16.5. The fourth-order valence-corrected chi connectivity index (χ4v) is 8.45. The summed E-state index contributed by atoms with van der Waals surface area (Å²) < 4.78 is 5.13. The van der Waals surface area contributed by atoms with E-state index in [9.17, 15) is 0 Å². The number of benzene rings is 6. The van der Waals surface area contributed by atoms with Crippen LogP contribution in [0, 0.1) is 0 Å². The summed E-state index contributed by atoms with van der Waals surface area (Å²) in [6.07, 6.45) is 0. The SMILES string of the molecule is CC(C)(C)c1cc(-c2cccc3c4c5c6ccccc6n6c7ccccc7c(c7c8ccccc8n(c23)c74)c56)cc(C(C)(C)C)c1. The Morgan fingerprint density at radius 3 is 1.30 bits per heavy atom. The summed E-state index contributed by atoms with van der Waals surface area (Å²) in [5, 5.41) is 10.8. The predicted molar refractivity (Wildman–Crippen MR) is 199 cm³/mol. The zero-order valence-electron chi connectivity index (χ0n) is 27.3. The smallest absolute Gasteiger partial charge is 0.0634 e. The van der Waals surface area contributed by atoms with Gasteiger partial charge in [-0.3, -0.25) is 0 Å². The lowest BCUT2D eigenvalue weighted by atomic mass is 9.79. The third-order valence-electron chi connectivity index (χ3n) is 10.6. The minimum Gasteiger partial charge on any atom is -0.308 e. The van der Waals surface area contributed by atoms with Crippen LogP contribution in [-0.2, 0) is 10.8 Å². The van der Waals surface area contributed by atoms with Crippen molar-refractivity contribution >= 4 is 76.2 Å². The number of hydrogen-bond acceptors (Lipinski definition) is 0. The first-order chi connectivity index (χ1) is 22.1. The normalized spacial score (nSPS) is 13.4. The molecule has 0 spiro atoms. The van der Waals surface area contributed by atoms with E-state index in [1.165, 1.54) is 98.4 Å². The van der Waals surface area contributed by atoms with Crippen LogP contribution in [0.3, 0.4) is 0 Å². The van der Waals surface area contributed by atoms with Gasteiger partial charge in [-0.15, -0.1) is 0 Å². The van der Waals surface area contributed by atoms with Crippen LogP contribution < -0.4 is 0 Å². The van der Waals surface area contributed by atoms with E-state index in [0.29, 0.717) is 0 Å². The number of para-hydroxylation sites is 4. The molecule has 222 valence electrons.